The number of primary amides is 2. The summed E-state index contributed by atoms with van der Waals surface area (Å²) in [5.74, 6) is -9.91. The van der Waals surface area contributed by atoms with Gasteiger partial charge in [0.25, 0.3) is 5.91 Å². The second kappa shape index (κ2) is 46.4. The van der Waals surface area contributed by atoms with E-state index in [9.17, 15) is 57.5 Å². The number of rotatable bonds is 38. The number of nitrogens with zero attached hydrogens (tertiary/aromatic N) is 2. The number of aromatic amines is 2. The summed E-state index contributed by atoms with van der Waals surface area (Å²) in [6.45, 7) is 8.97. The fourth-order valence-electron chi connectivity index (χ4n) is 14.3. The number of H-pyrrole nitrogens is 2. The largest absolute Gasteiger partial charge is 0.385 e. The number of anilines is 1. The van der Waals surface area contributed by atoms with Gasteiger partial charge in [-0.1, -0.05) is 113 Å². The number of carbonyl (C=O) groups is 16. The lowest BCUT2D eigenvalue weighted by Gasteiger charge is -2.29. The van der Waals surface area contributed by atoms with E-state index in [0.29, 0.717) is 65.9 Å². The zero-order valence-electron chi connectivity index (χ0n) is 69.3. The van der Waals surface area contributed by atoms with Crippen LogP contribution in [0.15, 0.2) is 116 Å². The lowest BCUT2D eigenvalue weighted by molar-refractivity contribution is -0.137. The molecule has 5 heterocycles. The number of carbonyl (C=O) groups excluding carboxylic acids is 16. The molecule has 1 fully saturated rings. The Balaban J connectivity index is 0.869. The Hall–Kier alpha value is -12.6. The van der Waals surface area contributed by atoms with E-state index in [4.69, 9.17) is 17.9 Å². The van der Waals surface area contributed by atoms with Gasteiger partial charge < -0.3 is 90.1 Å². The molecule has 9 rings (SSSR count). The molecule has 37 heteroatoms. The Labute approximate surface area is 720 Å². The predicted molar refractivity (Wildman–Crippen MR) is 461 cm³/mol. The van der Waals surface area contributed by atoms with Crippen LogP contribution in [0, 0.1) is 24.2 Å². The molecule has 4 aromatic carbocycles. The highest BCUT2D eigenvalue weighted by Gasteiger charge is 2.42. The number of para-hydroxylation sites is 1. The summed E-state index contributed by atoms with van der Waals surface area (Å²) in [7, 11) is 0. The zero-order valence-corrected chi connectivity index (χ0v) is 70.9. The number of aromatic nitrogens is 3. The third-order valence-electron chi connectivity index (χ3n) is 21.5. The fraction of sp³-hybridized carbons (Fsp3) is 0.453. The first-order chi connectivity index (χ1) is 59.0. The number of fused-ring (bicyclic) bond motifs is 3. The van der Waals surface area contributed by atoms with Crippen LogP contribution >= 0.6 is 23.5 Å². The van der Waals surface area contributed by atoms with Gasteiger partial charge in [0.1, 0.15) is 66.5 Å². The first-order valence-electron chi connectivity index (χ1n) is 41.1. The van der Waals surface area contributed by atoms with Crippen LogP contribution in [0.4, 0.5) is 5.69 Å². The van der Waals surface area contributed by atoms with E-state index in [-0.39, 0.29) is 112 Å². The van der Waals surface area contributed by atoms with Crippen molar-refractivity contribution in [2.75, 3.05) is 29.9 Å². The topological polar surface area (TPSA) is 529 Å². The Kier molecular flexibility index (Phi) is 35.6. The van der Waals surface area contributed by atoms with Crippen molar-refractivity contribution in [1.29, 1.82) is 0 Å². The van der Waals surface area contributed by atoms with Crippen molar-refractivity contribution in [1.82, 2.24) is 83.7 Å². The molecule has 0 radical (unpaired) electrons. The monoisotopic (exact) mass is 1730 g/mol. The second-order valence-electron chi connectivity index (χ2n) is 31.0. The first kappa shape index (κ1) is 94.3. The minimum absolute atomic E-state index is 0.0528. The van der Waals surface area contributed by atoms with Gasteiger partial charge in [0, 0.05) is 133 Å². The van der Waals surface area contributed by atoms with Crippen molar-refractivity contribution in [3.05, 3.63) is 155 Å². The molecule has 0 bridgehead atoms. The van der Waals surface area contributed by atoms with E-state index in [1.165, 1.54) is 47.9 Å². The molecule has 3 aliphatic rings. The van der Waals surface area contributed by atoms with Crippen LogP contribution in [-0.2, 0) is 109 Å². The number of nitrogens with two attached hydrogens (primary N) is 2. The molecule has 19 N–H and O–H groups in total. The van der Waals surface area contributed by atoms with Gasteiger partial charge in [-0.05, 0) is 91.3 Å². The maximum absolute atomic E-state index is 15.2. The molecule has 0 aliphatic carbocycles. The van der Waals surface area contributed by atoms with Crippen molar-refractivity contribution < 1.29 is 76.7 Å². The minimum Gasteiger partial charge on any atom is -0.385 e. The van der Waals surface area contributed by atoms with Crippen molar-refractivity contribution in [2.24, 2.45) is 23.3 Å². The Morgan fingerprint density at radius 2 is 1.32 bits per heavy atom. The normalized spacial score (nSPS) is 18.8. The number of nitrogens with one attached hydrogen (secondary N) is 15. The maximum Gasteiger partial charge on any atom is 0.255 e. The molecular weight excluding hydrogens is 1620 g/mol. The summed E-state index contributed by atoms with van der Waals surface area (Å²) in [5.41, 5.74) is 17.3. The average Bonchev–Trinajstić information content (AvgIpc) is 1.60. The molecule has 2 aromatic heterocycles. The minimum atomic E-state index is -1.69. The molecule has 3 aliphatic heterocycles. The van der Waals surface area contributed by atoms with Crippen molar-refractivity contribution >= 4 is 135 Å². The second-order valence-corrected chi connectivity index (χ2v) is 33.1. The molecule has 3 unspecified atom stereocenters. The number of piperidine rings is 1. The highest BCUT2D eigenvalue weighted by atomic mass is 32.2. The smallest absolute Gasteiger partial charge is 0.255 e. The molecule has 0 saturated carbocycles. The summed E-state index contributed by atoms with van der Waals surface area (Å²) in [6, 6.07) is 13.6. The van der Waals surface area contributed by atoms with E-state index in [0.717, 1.165) is 22.0 Å². The number of amides is 16. The van der Waals surface area contributed by atoms with E-state index in [1.54, 1.807) is 88.5 Å². The predicted octanol–water partition coefficient (Wildman–Crippen LogP) is 1.38. The number of unbranched alkanes of at least 4 members (excludes halogenated alkanes) is 1. The highest BCUT2D eigenvalue weighted by molar-refractivity contribution is 7.99. The molecule has 12 atom stereocenters. The van der Waals surface area contributed by atoms with Crippen LogP contribution in [0.2, 0.25) is 0 Å². The summed E-state index contributed by atoms with van der Waals surface area (Å²) in [4.78, 5) is 233. The Morgan fingerprint density at radius 1 is 0.642 bits per heavy atom. The molecule has 35 nitrogen and oxygen atoms in total. The van der Waals surface area contributed by atoms with Crippen molar-refractivity contribution in [3.8, 4) is 12.3 Å². The molecular formula is C86H109N19O16S2. The van der Waals surface area contributed by atoms with Gasteiger partial charge in [-0.2, -0.15) is 23.5 Å². The quantitative estimate of drug-likeness (QED) is 0.0148. The van der Waals surface area contributed by atoms with Crippen LogP contribution in [0.1, 0.15) is 149 Å². The molecule has 16 amide bonds. The Morgan fingerprint density at radius 3 is 2.00 bits per heavy atom. The van der Waals surface area contributed by atoms with Gasteiger partial charge in [0.2, 0.25) is 88.6 Å². The summed E-state index contributed by atoms with van der Waals surface area (Å²) >= 11 is 2.50. The van der Waals surface area contributed by atoms with Gasteiger partial charge in [-0.3, -0.25) is 82.0 Å². The number of hydrogen-bond donors (Lipinski definition) is 17. The van der Waals surface area contributed by atoms with Crippen LogP contribution < -0.4 is 80.6 Å². The number of benzene rings is 4. The van der Waals surface area contributed by atoms with Gasteiger partial charge in [-0.15, -0.1) is 12.3 Å². The SMILES string of the molecule is C#CCCC(=O)N[C@H](C(=O)N[C@@H]1CSCc2ccccc2CSC[C@H](C(=O)N[C@@H](Cc2ccccc2)C(=O)N[C@@H](Cc2cnc[nH]2)C(=O)NC(C(=O)N[C@@H](Cc2c[nH]c3ccccc23)C(=O)N[C@@H](CCCCNC(=O)CCCNc2cccc3c2CN(C2CCC(=O)NC2=O)C3=O)C(N)=O)[C@@H](C)CC)NC(=O)[C@H](C)NC(=O)C(CC(N)=O)NC1=O)C(C)C. The first-order valence-corrected chi connectivity index (χ1v) is 43.4. The maximum atomic E-state index is 15.2. The van der Waals surface area contributed by atoms with Gasteiger partial charge in [-0.25, -0.2) is 4.98 Å². The van der Waals surface area contributed by atoms with Crippen LogP contribution in [0.5, 0.6) is 0 Å². The summed E-state index contributed by atoms with van der Waals surface area (Å²) < 4.78 is 0. The number of hydrogen-bond acceptors (Lipinski definition) is 20. The van der Waals surface area contributed by atoms with Gasteiger partial charge in [0.05, 0.1) is 12.7 Å². The van der Waals surface area contributed by atoms with Gasteiger partial charge >= 0.3 is 0 Å². The molecule has 6 aromatic rings. The third-order valence-corrected chi connectivity index (χ3v) is 23.6. The molecule has 0 spiro atoms. The highest BCUT2D eigenvalue weighted by Crippen LogP contribution is 2.33. The lowest BCUT2D eigenvalue weighted by Crippen LogP contribution is -2.62. The van der Waals surface area contributed by atoms with E-state index in [1.807, 2.05) is 42.5 Å². The van der Waals surface area contributed by atoms with Crippen molar-refractivity contribution in [3.63, 3.8) is 0 Å². The van der Waals surface area contributed by atoms with E-state index in [2.05, 4.69) is 90.0 Å². The fourth-order valence-corrected chi connectivity index (χ4v) is 16.5. The molecule has 1 saturated heterocycles. The molecule has 123 heavy (non-hydrogen) atoms. The Bertz CT molecular complexity index is 4850. The van der Waals surface area contributed by atoms with E-state index >= 15 is 19.2 Å². The number of terminal acetylenes is 1. The lowest BCUT2D eigenvalue weighted by atomic mass is 9.96. The van der Waals surface area contributed by atoms with Crippen LogP contribution in [0.3, 0.4) is 0 Å². The molecule has 656 valence electrons. The van der Waals surface area contributed by atoms with Crippen LogP contribution in [0.25, 0.3) is 10.9 Å². The number of thioether (sulfide) groups is 2. The van der Waals surface area contributed by atoms with Gasteiger partial charge in [0.15, 0.2) is 0 Å². The average molecular weight is 1730 g/mol. The summed E-state index contributed by atoms with van der Waals surface area (Å²) in [6.07, 6.45) is 10.6. The van der Waals surface area contributed by atoms with Crippen LogP contribution in [-0.4, -0.2) is 205 Å². The number of imide groups is 1. The standard InChI is InChI=1S/C86H109N19O16S2/c1-7-9-30-71(108)102-73(48(3)4)84(119)101-67-46-123-44-53-24-14-13-23-52(53)43-122-45-66(100-76(111)50(6)94-77(112)65(39-69(87)106)98-82(67)117)81(116)96-62(36-51-21-11-10-12-22-51)78(113)97-64(38-55-41-89-47-93-55)80(115)104-74(49(5)8-2)85(120)99-63(37-54-40-92-59-27-16-15-25-56(54)59)79(114)95-61(75(88)110)28-17-18-34-91-70(107)31-20-35-90-60-29-19-26-57-58(60)42-105(86(57)121)68-32-33-72(109)103-83(68)118/h1,10-16,19,21-27,29,40-41,47-50,61-68,73-74,90,92H,8-9,17-18,20,28,30-39,42-46H2,2-6H3,(H2,87,106)(H2,88,110)(H,89,93)(H,91,107)(H,94,112)(H,95,114)(H,96,116)(H,97,113)(H,98,117)(H,99,120)(H,100,111)(H,101,119)(H,102,108)(H,104,115)(H,103,109,118)/t49-,50-,61-,62-,63-,64-,65?,66+,67+,68?,73-,74?/m0/s1. The summed E-state index contributed by atoms with van der Waals surface area (Å²) in [5, 5.41) is 36.4. The zero-order chi connectivity index (χ0) is 88.8. The number of imidazole rings is 1. The third kappa shape index (κ3) is 27.7. The van der Waals surface area contributed by atoms with Crippen molar-refractivity contribution in [2.45, 2.75) is 209 Å². The van der Waals surface area contributed by atoms with E-state index < -0.39 is 162 Å².